The van der Waals surface area contributed by atoms with Gasteiger partial charge < -0.3 is 9.80 Å². The number of amides is 2. The first kappa shape index (κ1) is 16.5. The standard InChI is InChI=1S/C17H25N3O2/c1-4-19(5-2)17(22)15-12-14(6-9-18-15)16(21)20-10-7-13(3)8-11-20/h6,9,12-13H,4-5,7-8,10-11H2,1-3H3. The lowest BCUT2D eigenvalue weighted by molar-refractivity contribution is 0.0697. The van der Waals surface area contributed by atoms with Gasteiger partial charge in [-0.25, -0.2) is 0 Å². The molecular formula is C17H25N3O2. The van der Waals surface area contributed by atoms with Crippen molar-refractivity contribution >= 4 is 11.8 Å². The molecule has 2 rings (SSSR count). The maximum absolute atomic E-state index is 12.6. The molecule has 0 radical (unpaired) electrons. The van der Waals surface area contributed by atoms with Crippen molar-refractivity contribution in [3.05, 3.63) is 29.6 Å². The minimum atomic E-state index is -0.119. The van der Waals surface area contributed by atoms with Crippen LogP contribution in [-0.4, -0.2) is 52.8 Å². The molecule has 5 nitrogen and oxygen atoms in total. The molecule has 0 unspecified atom stereocenters. The fourth-order valence-corrected chi connectivity index (χ4v) is 2.75. The van der Waals surface area contributed by atoms with Gasteiger partial charge in [0, 0.05) is 37.9 Å². The number of carbonyl (C=O) groups excluding carboxylic acids is 2. The minimum Gasteiger partial charge on any atom is -0.339 e. The summed E-state index contributed by atoms with van der Waals surface area (Å²) >= 11 is 0. The van der Waals surface area contributed by atoms with Crippen LogP contribution in [-0.2, 0) is 0 Å². The van der Waals surface area contributed by atoms with Gasteiger partial charge in [-0.2, -0.15) is 0 Å². The van der Waals surface area contributed by atoms with Crippen LogP contribution in [0.4, 0.5) is 0 Å². The van der Waals surface area contributed by atoms with Gasteiger partial charge in [-0.3, -0.25) is 14.6 Å². The van der Waals surface area contributed by atoms with Gasteiger partial charge in [-0.1, -0.05) is 6.92 Å². The minimum absolute atomic E-state index is 0.00268. The monoisotopic (exact) mass is 303 g/mol. The number of hydrogen-bond acceptors (Lipinski definition) is 3. The van der Waals surface area contributed by atoms with Crippen molar-refractivity contribution < 1.29 is 9.59 Å². The Morgan fingerprint density at radius 3 is 2.50 bits per heavy atom. The van der Waals surface area contributed by atoms with E-state index in [4.69, 9.17) is 0 Å². The fourth-order valence-electron chi connectivity index (χ4n) is 2.75. The average molecular weight is 303 g/mol. The topological polar surface area (TPSA) is 53.5 Å². The van der Waals surface area contributed by atoms with Crippen LogP contribution in [0.3, 0.4) is 0 Å². The van der Waals surface area contributed by atoms with Gasteiger partial charge in [0.05, 0.1) is 0 Å². The van der Waals surface area contributed by atoms with E-state index in [2.05, 4.69) is 11.9 Å². The molecule has 0 aromatic carbocycles. The zero-order valence-electron chi connectivity index (χ0n) is 13.7. The van der Waals surface area contributed by atoms with Crippen molar-refractivity contribution in [3.63, 3.8) is 0 Å². The van der Waals surface area contributed by atoms with Crippen LogP contribution in [0.2, 0.25) is 0 Å². The maximum atomic E-state index is 12.6. The largest absolute Gasteiger partial charge is 0.339 e. The Balaban J connectivity index is 2.14. The molecule has 0 spiro atoms. The van der Waals surface area contributed by atoms with Gasteiger partial charge in [0.2, 0.25) is 0 Å². The molecule has 2 heterocycles. The van der Waals surface area contributed by atoms with E-state index in [1.54, 1.807) is 23.2 Å². The van der Waals surface area contributed by atoms with Gasteiger partial charge >= 0.3 is 0 Å². The zero-order valence-corrected chi connectivity index (χ0v) is 13.7. The molecule has 5 heteroatoms. The summed E-state index contributed by atoms with van der Waals surface area (Å²) in [6, 6.07) is 3.32. The molecule has 0 atom stereocenters. The van der Waals surface area contributed by atoms with Crippen molar-refractivity contribution in [3.8, 4) is 0 Å². The summed E-state index contributed by atoms with van der Waals surface area (Å²) in [5.74, 6) is 0.566. The van der Waals surface area contributed by atoms with E-state index in [1.165, 1.54) is 0 Å². The number of likely N-dealkylation sites (tertiary alicyclic amines) is 1. The second-order valence-electron chi connectivity index (χ2n) is 5.88. The number of aromatic nitrogens is 1. The highest BCUT2D eigenvalue weighted by Crippen LogP contribution is 2.18. The van der Waals surface area contributed by atoms with Crippen LogP contribution in [0.25, 0.3) is 0 Å². The van der Waals surface area contributed by atoms with E-state index in [9.17, 15) is 9.59 Å². The maximum Gasteiger partial charge on any atom is 0.272 e. The van der Waals surface area contributed by atoms with Crippen LogP contribution in [0, 0.1) is 5.92 Å². The van der Waals surface area contributed by atoms with Crippen LogP contribution < -0.4 is 0 Å². The number of rotatable bonds is 4. The lowest BCUT2D eigenvalue weighted by Crippen LogP contribution is -2.38. The highest BCUT2D eigenvalue weighted by molar-refractivity contribution is 5.98. The second-order valence-corrected chi connectivity index (χ2v) is 5.88. The summed E-state index contributed by atoms with van der Waals surface area (Å²) in [6.45, 7) is 8.95. The van der Waals surface area contributed by atoms with Crippen LogP contribution >= 0.6 is 0 Å². The Hall–Kier alpha value is -1.91. The number of nitrogens with zero attached hydrogens (tertiary/aromatic N) is 3. The summed E-state index contributed by atoms with van der Waals surface area (Å²) in [5, 5.41) is 0. The van der Waals surface area contributed by atoms with E-state index < -0.39 is 0 Å². The smallest absolute Gasteiger partial charge is 0.272 e. The first-order valence-electron chi connectivity index (χ1n) is 8.11. The number of piperidine rings is 1. The second kappa shape index (κ2) is 7.38. The molecule has 0 bridgehead atoms. The molecule has 2 amide bonds. The molecule has 1 aromatic heterocycles. The lowest BCUT2D eigenvalue weighted by Gasteiger charge is -2.30. The van der Waals surface area contributed by atoms with E-state index >= 15 is 0 Å². The zero-order chi connectivity index (χ0) is 16.1. The van der Waals surface area contributed by atoms with Crippen LogP contribution in [0.5, 0.6) is 0 Å². The first-order valence-corrected chi connectivity index (χ1v) is 8.11. The predicted molar refractivity (Wildman–Crippen MR) is 85.8 cm³/mol. The van der Waals surface area contributed by atoms with Gasteiger partial charge in [0.1, 0.15) is 5.69 Å². The molecule has 1 aliphatic heterocycles. The SMILES string of the molecule is CCN(CC)C(=O)c1cc(C(=O)N2CCC(C)CC2)ccn1. The quantitative estimate of drug-likeness (QED) is 0.858. The van der Waals surface area contributed by atoms with Gasteiger partial charge in [-0.15, -0.1) is 0 Å². The molecule has 1 aromatic rings. The van der Waals surface area contributed by atoms with E-state index in [0.717, 1.165) is 25.9 Å². The molecule has 0 aliphatic carbocycles. The van der Waals surface area contributed by atoms with E-state index in [-0.39, 0.29) is 11.8 Å². The van der Waals surface area contributed by atoms with Crippen molar-refractivity contribution in [1.29, 1.82) is 0 Å². The Morgan fingerprint density at radius 2 is 1.91 bits per heavy atom. The third kappa shape index (κ3) is 3.64. The number of hydrogen-bond donors (Lipinski definition) is 0. The summed E-state index contributed by atoms with van der Waals surface area (Å²) in [4.78, 5) is 32.6. The van der Waals surface area contributed by atoms with Gasteiger partial charge in [0.15, 0.2) is 0 Å². The summed E-state index contributed by atoms with van der Waals surface area (Å²) in [5.41, 5.74) is 0.903. The Bertz CT molecular complexity index is 532. The van der Waals surface area contributed by atoms with E-state index in [1.807, 2.05) is 18.7 Å². The molecule has 1 aliphatic rings. The van der Waals surface area contributed by atoms with Crippen molar-refractivity contribution in [1.82, 2.24) is 14.8 Å². The van der Waals surface area contributed by atoms with Gasteiger partial charge in [0.25, 0.3) is 11.8 Å². The highest BCUT2D eigenvalue weighted by Gasteiger charge is 2.23. The number of carbonyl (C=O) groups is 2. The third-order valence-corrected chi connectivity index (χ3v) is 4.35. The third-order valence-electron chi connectivity index (χ3n) is 4.35. The Labute approximate surface area is 132 Å². The Morgan fingerprint density at radius 1 is 1.27 bits per heavy atom. The molecule has 22 heavy (non-hydrogen) atoms. The van der Waals surface area contributed by atoms with Crippen molar-refractivity contribution in [2.45, 2.75) is 33.6 Å². The molecule has 120 valence electrons. The highest BCUT2D eigenvalue weighted by atomic mass is 16.2. The molecular weight excluding hydrogens is 278 g/mol. The Kier molecular flexibility index (Phi) is 5.52. The molecule has 1 saturated heterocycles. The number of pyridine rings is 1. The summed E-state index contributed by atoms with van der Waals surface area (Å²) in [6.07, 6.45) is 3.64. The van der Waals surface area contributed by atoms with Crippen LogP contribution in [0.1, 0.15) is 54.5 Å². The van der Waals surface area contributed by atoms with E-state index in [0.29, 0.717) is 30.3 Å². The normalized spacial score (nSPS) is 15.7. The molecule has 0 saturated carbocycles. The summed E-state index contributed by atoms with van der Waals surface area (Å²) < 4.78 is 0. The fraction of sp³-hybridized carbons (Fsp3) is 0.588. The van der Waals surface area contributed by atoms with Crippen molar-refractivity contribution in [2.75, 3.05) is 26.2 Å². The first-order chi connectivity index (χ1) is 10.6. The summed E-state index contributed by atoms with van der Waals surface area (Å²) in [7, 11) is 0. The average Bonchev–Trinajstić information content (AvgIpc) is 2.56. The van der Waals surface area contributed by atoms with Crippen molar-refractivity contribution in [2.24, 2.45) is 5.92 Å². The van der Waals surface area contributed by atoms with Gasteiger partial charge in [-0.05, 0) is 44.7 Å². The van der Waals surface area contributed by atoms with Crippen LogP contribution in [0.15, 0.2) is 18.3 Å². The molecule has 1 fully saturated rings. The lowest BCUT2D eigenvalue weighted by atomic mass is 9.98. The predicted octanol–water partition coefficient (Wildman–Crippen LogP) is 2.44. The molecule has 0 N–H and O–H groups in total.